The van der Waals surface area contributed by atoms with E-state index in [-0.39, 0.29) is 5.91 Å². The van der Waals surface area contributed by atoms with Crippen LogP contribution in [0.4, 0.5) is 5.69 Å². The van der Waals surface area contributed by atoms with Gasteiger partial charge in [0.2, 0.25) is 0 Å². The summed E-state index contributed by atoms with van der Waals surface area (Å²) in [6.07, 6.45) is 2.88. The Morgan fingerprint density at radius 1 is 1.26 bits per heavy atom. The maximum absolute atomic E-state index is 12.7. The van der Waals surface area contributed by atoms with Gasteiger partial charge in [0.25, 0.3) is 11.7 Å². The van der Waals surface area contributed by atoms with Crippen LogP contribution in [0.5, 0.6) is 0 Å². The second-order valence-corrected chi connectivity index (χ2v) is 4.99. The average Bonchev–Trinajstić information content (AvgIpc) is 2.69. The van der Waals surface area contributed by atoms with Crippen molar-refractivity contribution in [1.29, 1.82) is 0 Å². The summed E-state index contributed by atoms with van der Waals surface area (Å²) in [6.45, 7) is 3.99. The molecule has 1 amide bonds. The van der Waals surface area contributed by atoms with Crippen LogP contribution < -0.4 is 4.90 Å². The third-order valence-corrected chi connectivity index (χ3v) is 3.71. The van der Waals surface area contributed by atoms with Crippen LogP contribution in [-0.4, -0.2) is 25.7 Å². The Balaban J connectivity index is 2.01. The fraction of sp³-hybridized carbons (Fsp3) is 0.533. The number of benzene rings is 1. The second kappa shape index (κ2) is 4.94. The lowest BCUT2D eigenvalue weighted by Crippen LogP contribution is -2.47. The maximum Gasteiger partial charge on any atom is 0.292 e. The lowest BCUT2D eigenvalue weighted by atomic mass is 10.1. The highest BCUT2D eigenvalue weighted by Crippen LogP contribution is 2.44. The second-order valence-electron chi connectivity index (χ2n) is 4.99. The van der Waals surface area contributed by atoms with Gasteiger partial charge in [0.1, 0.15) is 0 Å². The van der Waals surface area contributed by atoms with E-state index in [2.05, 4.69) is 6.92 Å². The van der Waals surface area contributed by atoms with Gasteiger partial charge in [0.15, 0.2) is 0 Å². The fourth-order valence-corrected chi connectivity index (χ4v) is 2.74. The van der Waals surface area contributed by atoms with E-state index in [4.69, 9.17) is 9.47 Å². The van der Waals surface area contributed by atoms with Crippen molar-refractivity contribution in [2.24, 2.45) is 0 Å². The maximum atomic E-state index is 12.7. The summed E-state index contributed by atoms with van der Waals surface area (Å²) in [5, 5.41) is 0. The Kier molecular flexibility index (Phi) is 3.29. The molecule has 1 fully saturated rings. The summed E-state index contributed by atoms with van der Waals surface area (Å²) >= 11 is 0. The quantitative estimate of drug-likeness (QED) is 0.838. The minimum absolute atomic E-state index is 0.0677. The molecule has 0 aromatic heterocycles. The zero-order valence-electron chi connectivity index (χ0n) is 11.2. The van der Waals surface area contributed by atoms with Crippen LogP contribution >= 0.6 is 0 Å². The smallest absolute Gasteiger partial charge is 0.292 e. The summed E-state index contributed by atoms with van der Waals surface area (Å²) in [5.74, 6) is -1.25. The van der Waals surface area contributed by atoms with E-state index >= 15 is 0 Å². The third kappa shape index (κ3) is 1.86. The van der Waals surface area contributed by atoms with Crippen molar-refractivity contribution in [2.45, 2.75) is 32.0 Å². The number of carbonyl (C=O) groups is 1. The highest BCUT2D eigenvalue weighted by Gasteiger charge is 2.54. The first kappa shape index (κ1) is 12.6. The standard InChI is InChI=1S/C15H19NO3/c1-2-3-9-16-13-8-5-4-7-12(13)15(14(16)17)18-10-6-11-19-15/h4-5,7-8H,2-3,6,9-11H2,1H3. The Hall–Kier alpha value is -1.39. The van der Waals surface area contributed by atoms with Crippen LogP contribution in [0.3, 0.4) is 0 Å². The van der Waals surface area contributed by atoms with Crippen molar-refractivity contribution in [3.05, 3.63) is 29.8 Å². The summed E-state index contributed by atoms with van der Waals surface area (Å²) in [4.78, 5) is 14.5. The molecule has 1 aromatic carbocycles. The summed E-state index contributed by atoms with van der Waals surface area (Å²) in [7, 11) is 0. The van der Waals surface area contributed by atoms with Crippen LogP contribution in [0.2, 0.25) is 0 Å². The molecule has 1 aromatic rings. The molecule has 1 spiro atoms. The van der Waals surface area contributed by atoms with E-state index in [1.807, 2.05) is 29.2 Å². The molecule has 0 N–H and O–H groups in total. The van der Waals surface area contributed by atoms with Crippen LogP contribution in [0.25, 0.3) is 0 Å². The van der Waals surface area contributed by atoms with Crippen molar-refractivity contribution in [3.63, 3.8) is 0 Å². The number of hydrogen-bond donors (Lipinski definition) is 0. The number of rotatable bonds is 3. The molecule has 2 heterocycles. The van der Waals surface area contributed by atoms with E-state index in [0.717, 1.165) is 37.1 Å². The molecule has 0 bridgehead atoms. The molecule has 0 unspecified atom stereocenters. The molecule has 1 saturated heterocycles. The van der Waals surface area contributed by atoms with Crippen molar-refractivity contribution >= 4 is 11.6 Å². The molecule has 2 aliphatic heterocycles. The van der Waals surface area contributed by atoms with Crippen molar-refractivity contribution < 1.29 is 14.3 Å². The molecular formula is C15H19NO3. The van der Waals surface area contributed by atoms with Crippen LogP contribution in [0.1, 0.15) is 31.7 Å². The number of anilines is 1. The number of para-hydroxylation sites is 1. The van der Waals surface area contributed by atoms with E-state index in [1.54, 1.807) is 0 Å². The molecular weight excluding hydrogens is 242 g/mol. The summed E-state index contributed by atoms with van der Waals surface area (Å²) in [5.41, 5.74) is 1.79. The number of ether oxygens (including phenoxy) is 2. The SMILES string of the molecule is CCCCN1C(=O)C2(OCCCO2)c2ccccc21. The Labute approximate surface area is 113 Å². The van der Waals surface area contributed by atoms with Gasteiger partial charge in [-0.15, -0.1) is 0 Å². The van der Waals surface area contributed by atoms with Gasteiger partial charge < -0.3 is 14.4 Å². The molecule has 3 rings (SSSR count). The normalized spacial score (nSPS) is 20.9. The number of fused-ring (bicyclic) bond motifs is 2. The monoisotopic (exact) mass is 261 g/mol. The Morgan fingerprint density at radius 3 is 2.74 bits per heavy atom. The van der Waals surface area contributed by atoms with E-state index in [1.165, 1.54) is 0 Å². The first-order chi connectivity index (χ1) is 9.29. The predicted octanol–water partition coefficient (Wildman–Crippen LogP) is 2.42. The zero-order chi connectivity index (χ0) is 13.3. The third-order valence-electron chi connectivity index (χ3n) is 3.71. The van der Waals surface area contributed by atoms with Gasteiger partial charge in [-0.05, 0) is 18.9 Å². The van der Waals surface area contributed by atoms with Gasteiger partial charge in [0, 0.05) is 12.1 Å². The predicted molar refractivity (Wildman–Crippen MR) is 71.9 cm³/mol. The van der Waals surface area contributed by atoms with Gasteiger partial charge in [-0.2, -0.15) is 0 Å². The summed E-state index contributed by atoms with van der Waals surface area (Å²) in [6, 6.07) is 7.79. The van der Waals surface area contributed by atoms with Crippen LogP contribution in [0, 0.1) is 0 Å². The van der Waals surface area contributed by atoms with Crippen molar-refractivity contribution in [3.8, 4) is 0 Å². The molecule has 2 aliphatic rings. The molecule has 4 heteroatoms. The van der Waals surface area contributed by atoms with Gasteiger partial charge in [-0.3, -0.25) is 4.79 Å². The molecule has 0 radical (unpaired) electrons. The van der Waals surface area contributed by atoms with Crippen molar-refractivity contribution in [2.75, 3.05) is 24.7 Å². The number of carbonyl (C=O) groups excluding carboxylic acids is 1. The average molecular weight is 261 g/mol. The Bertz CT molecular complexity index is 480. The van der Waals surface area contributed by atoms with Crippen molar-refractivity contribution in [1.82, 2.24) is 0 Å². The highest BCUT2D eigenvalue weighted by molar-refractivity contribution is 6.06. The van der Waals surface area contributed by atoms with E-state index in [9.17, 15) is 4.79 Å². The lowest BCUT2D eigenvalue weighted by Gasteiger charge is -2.32. The summed E-state index contributed by atoms with van der Waals surface area (Å²) < 4.78 is 11.5. The van der Waals surface area contributed by atoms with Gasteiger partial charge >= 0.3 is 0 Å². The van der Waals surface area contributed by atoms with E-state index in [0.29, 0.717) is 13.2 Å². The molecule has 0 saturated carbocycles. The lowest BCUT2D eigenvalue weighted by molar-refractivity contribution is -0.256. The molecule has 19 heavy (non-hydrogen) atoms. The minimum Gasteiger partial charge on any atom is -0.338 e. The number of amides is 1. The number of hydrogen-bond acceptors (Lipinski definition) is 3. The molecule has 102 valence electrons. The van der Waals surface area contributed by atoms with Crippen LogP contribution in [0.15, 0.2) is 24.3 Å². The Morgan fingerprint density at radius 2 is 2.00 bits per heavy atom. The van der Waals surface area contributed by atoms with Crippen LogP contribution in [-0.2, 0) is 20.1 Å². The molecule has 0 atom stereocenters. The molecule has 0 aliphatic carbocycles. The largest absolute Gasteiger partial charge is 0.338 e. The topological polar surface area (TPSA) is 38.8 Å². The zero-order valence-corrected chi connectivity index (χ0v) is 11.2. The van der Waals surface area contributed by atoms with Gasteiger partial charge in [-0.25, -0.2) is 0 Å². The first-order valence-electron chi connectivity index (χ1n) is 6.99. The molecule has 4 nitrogen and oxygen atoms in total. The van der Waals surface area contributed by atoms with Gasteiger partial charge in [0.05, 0.1) is 18.9 Å². The fourth-order valence-electron chi connectivity index (χ4n) is 2.74. The first-order valence-corrected chi connectivity index (χ1v) is 6.99. The number of nitrogens with zero attached hydrogens (tertiary/aromatic N) is 1. The number of unbranched alkanes of at least 4 members (excludes halogenated alkanes) is 1. The highest BCUT2D eigenvalue weighted by atomic mass is 16.7. The van der Waals surface area contributed by atoms with E-state index < -0.39 is 5.79 Å². The van der Waals surface area contributed by atoms with Gasteiger partial charge in [-0.1, -0.05) is 31.5 Å². The minimum atomic E-state index is -1.18.